The first-order valence-electron chi connectivity index (χ1n) is 4.45. The number of thioether (sulfide) groups is 1. The van der Waals surface area contributed by atoms with Gasteiger partial charge in [0.25, 0.3) is 0 Å². The minimum Gasteiger partial charge on any atom is -0.478 e. The Labute approximate surface area is 95.5 Å². The fourth-order valence-electron chi connectivity index (χ4n) is 1.07. The smallest absolute Gasteiger partial charge is 0.338 e. The van der Waals surface area contributed by atoms with E-state index in [2.05, 4.69) is 9.97 Å². The highest BCUT2D eigenvalue weighted by Crippen LogP contribution is 2.20. The zero-order valence-electron chi connectivity index (χ0n) is 8.16. The van der Waals surface area contributed by atoms with Gasteiger partial charge in [-0.05, 0) is 6.07 Å². The maximum Gasteiger partial charge on any atom is 0.338 e. The van der Waals surface area contributed by atoms with Gasteiger partial charge in [-0.3, -0.25) is 4.98 Å². The van der Waals surface area contributed by atoms with E-state index in [0.29, 0.717) is 11.5 Å². The number of nitrogens with zero attached hydrogens (tertiary/aromatic N) is 2. The van der Waals surface area contributed by atoms with Gasteiger partial charge in [-0.2, -0.15) is 0 Å². The lowest BCUT2D eigenvalue weighted by atomic mass is 10.3. The number of carboxylic acid groups (broad SMARTS) is 1. The fourth-order valence-corrected chi connectivity index (χ4v) is 1.79. The van der Waals surface area contributed by atoms with E-state index < -0.39 is 5.97 Å². The molecule has 0 aliphatic rings. The molecule has 5 nitrogen and oxygen atoms in total. The molecule has 0 saturated heterocycles. The second kappa shape index (κ2) is 4.80. The van der Waals surface area contributed by atoms with Gasteiger partial charge in [-0.25, -0.2) is 9.78 Å². The van der Waals surface area contributed by atoms with Crippen LogP contribution in [0.25, 0.3) is 0 Å². The van der Waals surface area contributed by atoms with Crippen LogP contribution in [0.2, 0.25) is 0 Å². The molecule has 0 radical (unpaired) electrons. The molecule has 0 aliphatic carbocycles. The predicted molar refractivity (Wildman–Crippen MR) is 57.3 cm³/mol. The van der Waals surface area contributed by atoms with Crippen LogP contribution in [0.5, 0.6) is 0 Å². The zero-order chi connectivity index (χ0) is 11.4. The topological polar surface area (TPSA) is 76.2 Å². The molecular weight excluding hydrogens is 228 g/mol. The molecule has 2 heterocycles. The highest BCUT2D eigenvalue weighted by molar-refractivity contribution is 7.98. The molecule has 1 N–H and O–H groups in total. The van der Waals surface area contributed by atoms with E-state index in [9.17, 15) is 4.79 Å². The third kappa shape index (κ3) is 2.60. The van der Waals surface area contributed by atoms with Gasteiger partial charge in [0.15, 0.2) is 0 Å². The molecule has 0 saturated carbocycles. The number of rotatable bonds is 4. The molecule has 0 amide bonds. The summed E-state index contributed by atoms with van der Waals surface area (Å²) in [6, 6.07) is 1.51. The summed E-state index contributed by atoms with van der Waals surface area (Å²) >= 11 is 1.44. The Morgan fingerprint density at radius 2 is 2.38 bits per heavy atom. The number of hydrogen-bond donors (Lipinski definition) is 1. The Morgan fingerprint density at radius 1 is 1.50 bits per heavy atom. The molecule has 0 fully saturated rings. The fraction of sp³-hybridized carbons (Fsp3) is 0.100. The van der Waals surface area contributed by atoms with Gasteiger partial charge in [0.1, 0.15) is 17.0 Å². The van der Waals surface area contributed by atoms with Gasteiger partial charge >= 0.3 is 5.97 Å². The van der Waals surface area contributed by atoms with Crippen LogP contribution in [0.4, 0.5) is 0 Å². The van der Waals surface area contributed by atoms with Crippen molar-refractivity contribution in [2.75, 3.05) is 0 Å². The quantitative estimate of drug-likeness (QED) is 0.819. The molecule has 16 heavy (non-hydrogen) atoms. The maximum atomic E-state index is 10.6. The molecule has 0 atom stereocenters. The Kier molecular flexibility index (Phi) is 3.21. The lowest BCUT2D eigenvalue weighted by Crippen LogP contribution is -1.91. The summed E-state index contributed by atoms with van der Waals surface area (Å²) in [4.78, 5) is 18.6. The third-order valence-electron chi connectivity index (χ3n) is 1.80. The van der Waals surface area contributed by atoms with E-state index in [4.69, 9.17) is 9.52 Å². The summed E-state index contributed by atoms with van der Waals surface area (Å²) in [5.41, 5.74) is 0.162. The number of carboxylic acids is 1. The van der Waals surface area contributed by atoms with E-state index in [1.807, 2.05) is 0 Å². The number of aromatic carboxylic acids is 1. The van der Waals surface area contributed by atoms with Crippen molar-refractivity contribution < 1.29 is 14.3 Å². The second-order valence-electron chi connectivity index (χ2n) is 2.94. The van der Waals surface area contributed by atoms with Crippen LogP contribution in [0.3, 0.4) is 0 Å². The minimum atomic E-state index is -0.987. The van der Waals surface area contributed by atoms with Gasteiger partial charge in [0, 0.05) is 12.4 Å². The van der Waals surface area contributed by atoms with E-state index in [1.54, 1.807) is 18.6 Å². The van der Waals surface area contributed by atoms with E-state index in [-0.39, 0.29) is 5.56 Å². The molecule has 0 aliphatic heterocycles. The number of carbonyl (C=O) groups is 1. The molecule has 0 bridgehead atoms. The molecule has 2 aromatic rings. The van der Waals surface area contributed by atoms with Gasteiger partial charge in [-0.15, -0.1) is 0 Å². The molecule has 6 heteroatoms. The lowest BCUT2D eigenvalue weighted by molar-refractivity contribution is 0.0696. The Bertz CT molecular complexity index is 484. The Balaban J connectivity index is 1.97. The molecule has 0 aromatic carbocycles. The van der Waals surface area contributed by atoms with Crippen LogP contribution in [0, 0.1) is 0 Å². The normalized spacial score (nSPS) is 10.2. The average Bonchev–Trinajstić information content (AvgIpc) is 2.76. The standard InChI is InChI=1S/C10H8N2O3S/c13-10(14)7-3-8(15-5-7)6-16-9-4-11-1-2-12-9/h1-5H,6H2,(H,13,14). The maximum absolute atomic E-state index is 10.6. The summed E-state index contributed by atoms with van der Waals surface area (Å²) in [5.74, 6) is 0.152. The van der Waals surface area contributed by atoms with E-state index in [0.717, 1.165) is 5.03 Å². The molecule has 82 valence electrons. The second-order valence-corrected chi connectivity index (χ2v) is 3.93. The minimum absolute atomic E-state index is 0.162. The summed E-state index contributed by atoms with van der Waals surface area (Å²) in [6.45, 7) is 0. The predicted octanol–water partition coefficient (Wildman–Crippen LogP) is 2.06. The average molecular weight is 236 g/mol. The van der Waals surface area contributed by atoms with Crippen molar-refractivity contribution >= 4 is 17.7 Å². The van der Waals surface area contributed by atoms with Crippen LogP contribution in [-0.4, -0.2) is 21.0 Å². The summed E-state index contributed by atoms with van der Waals surface area (Å²) in [7, 11) is 0. The van der Waals surface area contributed by atoms with Crippen LogP contribution in [0.15, 0.2) is 40.4 Å². The molecular formula is C10H8N2O3S. The van der Waals surface area contributed by atoms with E-state index >= 15 is 0 Å². The molecule has 0 unspecified atom stereocenters. The van der Waals surface area contributed by atoms with Gasteiger partial charge in [0.05, 0.1) is 17.5 Å². The monoisotopic (exact) mass is 236 g/mol. The summed E-state index contributed by atoms with van der Waals surface area (Å²) < 4.78 is 5.10. The SMILES string of the molecule is O=C(O)c1coc(CSc2cnccn2)c1. The Hall–Kier alpha value is -1.82. The van der Waals surface area contributed by atoms with Gasteiger partial charge in [-0.1, -0.05) is 11.8 Å². The van der Waals surface area contributed by atoms with Crippen molar-refractivity contribution in [1.29, 1.82) is 0 Å². The number of aromatic nitrogens is 2. The van der Waals surface area contributed by atoms with Gasteiger partial charge in [0.2, 0.25) is 0 Å². The first-order valence-corrected chi connectivity index (χ1v) is 5.44. The summed E-state index contributed by atoms with van der Waals surface area (Å²) in [5, 5.41) is 9.47. The summed E-state index contributed by atoms with van der Waals surface area (Å²) in [6.07, 6.45) is 6.08. The number of furan rings is 1. The van der Waals surface area contributed by atoms with Crippen LogP contribution in [0.1, 0.15) is 16.1 Å². The van der Waals surface area contributed by atoms with Gasteiger partial charge < -0.3 is 9.52 Å². The largest absolute Gasteiger partial charge is 0.478 e. The molecule has 0 spiro atoms. The van der Waals surface area contributed by atoms with Crippen LogP contribution >= 0.6 is 11.8 Å². The van der Waals surface area contributed by atoms with E-state index in [1.165, 1.54) is 24.1 Å². The lowest BCUT2D eigenvalue weighted by Gasteiger charge is -1.95. The Morgan fingerprint density at radius 3 is 3.00 bits per heavy atom. The third-order valence-corrected chi connectivity index (χ3v) is 2.74. The van der Waals surface area contributed by atoms with Crippen molar-refractivity contribution in [3.63, 3.8) is 0 Å². The van der Waals surface area contributed by atoms with Crippen molar-refractivity contribution in [3.05, 3.63) is 42.2 Å². The van der Waals surface area contributed by atoms with Crippen LogP contribution in [-0.2, 0) is 5.75 Å². The van der Waals surface area contributed by atoms with Crippen molar-refractivity contribution in [3.8, 4) is 0 Å². The first-order chi connectivity index (χ1) is 7.75. The zero-order valence-corrected chi connectivity index (χ0v) is 8.98. The van der Waals surface area contributed by atoms with Crippen molar-refractivity contribution in [1.82, 2.24) is 9.97 Å². The molecule has 2 aromatic heterocycles. The highest BCUT2D eigenvalue weighted by Gasteiger charge is 2.08. The number of hydrogen-bond acceptors (Lipinski definition) is 5. The highest BCUT2D eigenvalue weighted by atomic mass is 32.2. The van der Waals surface area contributed by atoms with Crippen molar-refractivity contribution in [2.24, 2.45) is 0 Å². The van der Waals surface area contributed by atoms with Crippen molar-refractivity contribution in [2.45, 2.75) is 10.8 Å². The molecule has 2 rings (SSSR count). The first kappa shape index (κ1) is 10.7. The van der Waals surface area contributed by atoms with Crippen LogP contribution < -0.4 is 0 Å².